The van der Waals surface area contributed by atoms with Crippen molar-refractivity contribution in [2.75, 3.05) is 11.6 Å². The van der Waals surface area contributed by atoms with Crippen molar-refractivity contribution >= 4 is 30.1 Å². The van der Waals surface area contributed by atoms with Gasteiger partial charge in [0.15, 0.2) is 0 Å². The molecule has 0 aromatic carbocycles. The normalized spacial score (nSPS) is 29.6. The fourth-order valence-electron chi connectivity index (χ4n) is 3.81. The Kier molecular flexibility index (Phi) is 5.61. The number of carbonyl (C=O) groups is 1. The van der Waals surface area contributed by atoms with Crippen LogP contribution in [0.4, 0.5) is 0 Å². The molecule has 2 fully saturated rings. The van der Waals surface area contributed by atoms with E-state index >= 15 is 0 Å². The fourth-order valence-corrected chi connectivity index (χ4v) is 4.76. The second-order valence-electron chi connectivity index (χ2n) is 7.39. The van der Waals surface area contributed by atoms with E-state index in [0.29, 0.717) is 16.9 Å². The summed E-state index contributed by atoms with van der Waals surface area (Å²) >= 11 is 1.80. The van der Waals surface area contributed by atoms with Gasteiger partial charge in [0.2, 0.25) is 5.91 Å². The van der Waals surface area contributed by atoms with Crippen LogP contribution in [0.2, 0.25) is 0 Å². The number of rotatable bonds is 2. The van der Waals surface area contributed by atoms with Crippen molar-refractivity contribution in [2.45, 2.75) is 59.0 Å². The number of nitrogens with one attached hydrogen (secondary N) is 2. The van der Waals surface area contributed by atoms with Crippen molar-refractivity contribution in [1.29, 1.82) is 0 Å². The summed E-state index contributed by atoms with van der Waals surface area (Å²) < 4.78 is 0. The molecule has 1 aliphatic heterocycles. The molecule has 0 aromatic rings. The van der Waals surface area contributed by atoms with Gasteiger partial charge in [-0.2, -0.15) is 0 Å². The summed E-state index contributed by atoms with van der Waals surface area (Å²) in [6.45, 7) is 9.26. The zero-order valence-corrected chi connectivity index (χ0v) is 14.0. The molecule has 2 aliphatic rings. The largest absolute Gasteiger partial charge is 0.352 e. The zero-order chi connectivity index (χ0) is 13.4. The van der Waals surface area contributed by atoms with Crippen molar-refractivity contribution in [3.05, 3.63) is 0 Å². The van der Waals surface area contributed by atoms with Crippen molar-refractivity contribution in [2.24, 2.45) is 10.8 Å². The van der Waals surface area contributed by atoms with E-state index in [9.17, 15) is 4.79 Å². The van der Waals surface area contributed by atoms with E-state index in [1.807, 2.05) is 0 Å². The van der Waals surface area contributed by atoms with Gasteiger partial charge in [-0.1, -0.05) is 27.7 Å². The minimum Gasteiger partial charge on any atom is -0.352 e. The number of hydrogen-bond acceptors (Lipinski definition) is 3. The summed E-state index contributed by atoms with van der Waals surface area (Å²) in [6, 6.07) is 0.354. The van der Waals surface area contributed by atoms with E-state index in [-0.39, 0.29) is 24.4 Å². The Bertz CT molecular complexity index is 311. The van der Waals surface area contributed by atoms with Crippen LogP contribution in [-0.2, 0) is 4.79 Å². The van der Waals surface area contributed by atoms with Gasteiger partial charge >= 0.3 is 0 Å². The molecule has 0 bridgehead atoms. The van der Waals surface area contributed by atoms with Crippen LogP contribution in [0.3, 0.4) is 0 Å². The predicted molar refractivity (Wildman–Crippen MR) is 84.8 cm³/mol. The van der Waals surface area contributed by atoms with E-state index in [1.165, 1.54) is 6.42 Å². The van der Waals surface area contributed by atoms with E-state index in [1.54, 1.807) is 11.8 Å². The van der Waals surface area contributed by atoms with Crippen LogP contribution in [0.1, 0.15) is 47.0 Å². The Labute approximate surface area is 127 Å². The summed E-state index contributed by atoms with van der Waals surface area (Å²) in [5.74, 6) is 2.00. The van der Waals surface area contributed by atoms with Gasteiger partial charge < -0.3 is 5.32 Å². The molecular weight excluding hydrogens is 280 g/mol. The van der Waals surface area contributed by atoms with Gasteiger partial charge in [0.1, 0.15) is 0 Å². The first kappa shape index (κ1) is 17.1. The van der Waals surface area contributed by atoms with Gasteiger partial charge in [0.25, 0.3) is 0 Å². The summed E-state index contributed by atoms with van der Waals surface area (Å²) in [6.07, 6.45) is 3.44. The van der Waals surface area contributed by atoms with Crippen LogP contribution in [0.25, 0.3) is 0 Å². The molecular formula is C14H27ClN2OS. The second-order valence-corrected chi connectivity index (χ2v) is 8.42. The Morgan fingerprint density at radius 1 is 1.21 bits per heavy atom. The maximum absolute atomic E-state index is 12.1. The molecule has 3 nitrogen and oxygen atoms in total. The zero-order valence-electron chi connectivity index (χ0n) is 12.4. The molecule has 0 radical (unpaired) electrons. The molecule has 2 rings (SSSR count). The highest BCUT2D eigenvalue weighted by Gasteiger charge is 2.39. The molecule has 1 saturated heterocycles. The molecule has 1 amide bonds. The summed E-state index contributed by atoms with van der Waals surface area (Å²) in [4.78, 5) is 12.1. The lowest BCUT2D eigenvalue weighted by molar-refractivity contribution is -0.124. The quantitative estimate of drug-likeness (QED) is 0.824. The second kappa shape index (κ2) is 6.23. The first-order valence-corrected chi connectivity index (χ1v) is 8.04. The Morgan fingerprint density at radius 2 is 1.79 bits per heavy atom. The van der Waals surface area contributed by atoms with Gasteiger partial charge in [0, 0.05) is 17.7 Å². The Hall–Kier alpha value is 0.0700. The number of halogens is 1. The predicted octanol–water partition coefficient (Wildman–Crippen LogP) is 2.79. The van der Waals surface area contributed by atoms with Crippen molar-refractivity contribution < 1.29 is 4.79 Å². The molecule has 1 unspecified atom stereocenters. The van der Waals surface area contributed by atoms with E-state index in [0.717, 1.165) is 24.5 Å². The number of hydrogen-bond donors (Lipinski definition) is 2. The van der Waals surface area contributed by atoms with Gasteiger partial charge in [-0.25, -0.2) is 0 Å². The lowest BCUT2D eigenvalue weighted by atomic mass is 9.63. The molecule has 0 spiro atoms. The maximum Gasteiger partial charge on any atom is 0.238 e. The molecule has 0 aromatic heterocycles. The SMILES string of the molecule is CC1(C)CC(NC(=O)C2CSCN2)CC(C)(C)C1.Cl. The van der Waals surface area contributed by atoms with Crippen LogP contribution in [0.15, 0.2) is 0 Å². The summed E-state index contributed by atoms with van der Waals surface area (Å²) in [7, 11) is 0. The first-order valence-electron chi connectivity index (χ1n) is 6.89. The lowest BCUT2D eigenvalue weighted by Gasteiger charge is -2.45. The van der Waals surface area contributed by atoms with Crippen LogP contribution < -0.4 is 10.6 Å². The molecule has 112 valence electrons. The van der Waals surface area contributed by atoms with Gasteiger partial charge in [-0.15, -0.1) is 24.2 Å². The first-order chi connectivity index (χ1) is 8.27. The Balaban J connectivity index is 0.00000180. The molecule has 1 saturated carbocycles. The highest BCUT2D eigenvalue weighted by atomic mass is 35.5. The highest BCUT2D eigenvalue weighted by Crippen LogP contribution is 2.45. The maximum atomic E-state index is 12.1. The van der Waals surface area contributed by atoms with Crippen LogP contribution in [0.5, 0.6) is 0 Å². The molecule has 1 heterocycles. The van der Waals surface area contributed by atoms with Crippen LogP contribution in [0, 0.1) is 10.8 Å². The molecule has 1 atom stereocenters. The topological polar surface area (TPSA) is 41.1 Å². The van der Waals surface area contributed by atoms with Crippen LogP contribution in [-0.4, -0.2) is 29.6 Å². The average Bonchev–Trinajstić information content (AvgIpc) is 2.63. The minimum absolute atomic E-state index is 0. The van der Waals surface area contributed by atoms with Gasteiger partial charge in [-0.05, 0) is 30.1 Å². The van der Waals surface area contributed by atoms with Crippen molar-refractivity contribution in [1.82, 2.24) is 10.6 Å². The van der Waals surface area contributed by atoms with Crippen molar-refractivity contribution in [3.8, 4) is 0 Å². The van der Waals surface area contributed by atoms with E-state index in [2.05, 4.69) is 38.3 Å². The average molecular weight is 307 g/mol. The number of carbonyl (C=O) groups excluding carboxylic acids is 1. The lowest BCUT2D eigenvalue weighted by Crippen LogP contribution is -2.51. The third-order valence-electron chi connectivity index (χ3n) is 3.93. The monoisotopic (exact) mass is 306 g/mol. The summed E-state index contributed by atoms with van der Waals surface area (Å²) in [5.41, 5.74) is 0.662. The highest BCUT2D eigenvalue weighted by molar-refractivity contribution is 7.99. The Morgan fingerprint density at radius 3 is 2.26 bits per heavy atom. The van der Waals surface area contributed by atoms with Gasteiger partial charge in [0.05, 0.1) is 6.04 Å². The minimum atomic E-state index is 0. The third kappa shape index (κ3) is 4.83. The summed E-state index contributed by atoms with van der Waals surface area (Å²) in [5, 5.41) is 6.50. The van der Waals surface area contributed by atoms with Gasteiger partial charge in [-0.3, -0.25) is 10.1 Å². The molecule has 2 N–H and O–H groups in total. The number of amides is 1. The molecule has 1 aliphatic carbocycles. The number of thioether (sulfide) groups is 1. The van der Waals surface area contributed by atoms with Crippen molar-refractivity contribution in [3.63, 3.8) is 0 Å². The van der Waals surface area contributed by atoms with E-state index in [4.69, 9.17) is 0 Å². The molecule has 19 heavy (non-hydrogen) atoms. The van der Waals surface area contributed by atoms with E-state index < -0.39 is 0 Å². The smallest absolute Gasteiger partial charge is 0.238 e. The van der Waals surface area contributed by atoms with Crippen LogP contribution >= 0.6 is 24.2 Å². The fraction of sp³-hybridized carbons (Fsp3) is 0.929. The standard InChI is InChI=1S/C14H26N2OS.ClH/c1-13(2)5-10(6-14(3,4)8-13)16-12(17)11-7-18-9-15-11;/h10-11,15H,5-9H2,1-4H3,(H,16,17);1H. The molecule has 5 heteroatoms. The third-order valence-corrected chi connectivity index (χ3v) is 4.87.